The monoisotopic (exact) mass is 313 g/mol. The smallest absolute Gasteiger partial charge is 0.274 e. The molecule has 3 rings (SSSR count). The van der Waals surface area contributed by atoms with Gasteiger partial charge in [-0.1, -0.05) is 6.07 Å². The lowest BCUT2D eigenvalue weighted by Gasteiger charge is -2.11. The standard InChI is InChI=1S/C17H16FN3O2/c1-11-14(6-7-16(19-11)23-2)15-8-9-21(20-15)17(22)12-4-3-5-13(18)10-12/h3-7,10H,8-9H2,1-2H3. The van der Waals surface area contributed by atoms with Gasteiger partial charge < -0.3 is 4.74 Å². The van der Waals surface area contributed by atoms with Crippen LogP contribution in [0, 0.1) is 12.7 Å². The largest absolute Gasteiger partial charge is 0.481 e. The van der Waals surface area contributed by atoms with Gasteiger partial charge in [-0.25, -0.2) is 14.4 Å². The molecular formula is C17H16FN3O2. The van der Waals surface area contributed by atoms with Crippen LogP contribution in [0.15, 0.2) is 41.5 Å². The minimum absolute atomic E-state index is 0.291. The molecule has 0 atom stereocenters. The zero-order valence-electron chi connectivity index (χ0n) is 12.9. The summed E-state index contributed by atoms with van der Waals surface area (Å²) in [4.78, 5) is 16.7. The molecule has 2 heterocycles. The second-order valence-corrected chi connectivity index (χ2v) is 5.22. The van der Waals surface area contributed by atoms with E-state index in [0.29, 0.717) is 24.4 Å². The molecule has 1 aliphatic heterocycles. The van der Waals surface area contributed by atoms with Crippen LogP contribution in [0.1, 0.15) is 28.0 Å². The van der Waals surface area contributed by atoms with Crippen LogP contribution in [0.25, 0.3) is 0 Å². The van der Waals surface area contributed by atoms with Crippen molar-refractivity contribution in [2.24, 2.45) is 5.10 Å². The molecule has 118 valence electrons. The molecule has 1 amide bonds. The molecular weight excluding hydrogens is 297 g/mol. The van der Waals surface area contributed by atoms with E-state index in [-0.39, 0.29) is 5.91 Å². The molecule has 0 unspecified atom stereocenters. The van der Waals surface area contributed by atoms with Gasteiger partial charge in [0.2, 0.25) is 5.88 Å². The molecule has 0 saturated carbocycles. The van der Waals surface area contributed by atoms with Gasteiger partial charge in [0.15, 0.2) is 0 Å². The molecule has 0 saturated heterocycles. The third-order valence-corrected chi connectivity index (χ3v) is 3.69. The first-order chi connectivity index (χ1) is 11.1. The molecule has 0 radical (unpaired) electrons. The van der Waals surface area contributed by atoms with E-state index in [1.54, 1.807) is 19.2 Å². The summed E-state index contributed by atoms with van der Waals surface area (Å²) < 4.78 is 18.3. The third-order valence-electron chi connectivity index (χ3n) is 3.69. The Labute approximate surface area is 133 Å². The Morgan fingerprint density at radius 2 is 2.13 bits per heavy atom. The summed E-state index contributed by atoms with van der Waals surface area (Å²) in [6, 6.07) is 9.27. The number of hydrogen-bond donors (Lipinski definition) is 0. The van der Waals surface area contributed by atoms with E-state index in [1.807, 2.05) is 13.0 Å². The number of carbonyl (C=O) groups excluding carboxylic acids is 1. The van der Waals surface area contributed by atoms with E-state index in [9.17, 15) is 9.18 Å². The predicted octanol–water partition coefficient (Wildman–Crippen LogP) is 2.79. The third kappa shape index (κ3) is 3.06. The van der Waals surface area contributed by atoms with Crippen molar-refractivity contribution in [3.8, 4) is 5.88 Å². The second kappa shape index (κ2) is 6.16. The fourth-order valence-electron chi connectivity index (χ4n) is 2.52. The number of methoxy groups -OCH3 is 1. The maximum Gasteiger partial charge on any atom is 0.274 e. The maximum atomic E-state index is 13.3. The van der Waals surface area contributed by atoms with Crippen LogP contribution >= 0.6 is 0 Å². The zero-order chi connectivity index (χ0) is 16.4. The number of ether oxygens (including phenoxy) is 1. The Bertz CT molecular complexity index is 789. The molecule has 2 aromatic rings. The van der Waals surface area contributed by atoms with E-state index in [1.165, 1.54) is 23.2 Å². The Kier molecular flexibility index (Phi) is 4.06. The number of benzene rings is 1. The Balaban J connectivity index is 1.85. The van der Waals surface area contributed by atoms with Crippen molar-refractivity contribution in [1.29, 1.82) is 0 Å². The summed E-state index contributed by atoms with van der Waals surface area (Å²) in [5, 5.41) is 5.75. The second-order valence-electron chi connectivity index (χ2n) is 5.22. The number of pyridine rings is 1. The predicted molar refractivity (Wildman–Crippen MR) is 84.1 cm³/mol. The number of aromatic nitrogens is 1. The lowest BCUT2D eigenvalue weighted by atomic mass is 10.1. The fraction of sp³-hybridized carbons (Fsp3) is 0.235. The number of rotatable bonds is 3. The highest BCUT2D eigenvalue weighted by atomic mass is 19.1. The summed E-state index contributed by atoms with van der Waals surface area (Å²) in [5.41, 5.74) is 2.77. The van der Waals surface area contributed by atoms with Gasteiger partial charge in [-0.05, 0) is 31.2 Å². The first kappa shape index (κ1) is 15.1. The molecule has 23 heavy (non-hydrogen) atoms. The SMILES string of the molecule is COc1ccc(C2=NN(C(=O)c3cccc(F)c3)CC2)c(C)n1. The summed E-state index contributed by atoms with van der Waals surface area (Å²) in [6.45, 7) is 2.34. The highest BCUT2D eigenvalue weighted by Gasteiger charge is 2.24. The molecule has 1 aromatic heterocycles. The molecule has 0 spiro atoms. The number of aryl methyl sites for hydroxylation is 1. The molecule has 1 aromatic carbocycles. The van der Waals surface area contributed by atoms with Crippen molar-refractivity contribution >= 4 is 11.6 Å². The normalized spacial score (nSPS) is 13.9. The van der Waals surface area contributed by atoms with Crippen LogP contribution in [0.4, 0.5) is 4.39 Å². The lowest BCUT2D eigenvalue weighted by molar-refractivity contribution is 0.0778. The van der Waals surface area contributed by atoms with Crippen molar-refractivity contribution in [2.75, 3.05) is 13.7 Å². The number of hydrogen-bond acceptors (Lipinski definition) is 4. The fourth-order valence-corrected chi connectivity index (χ4v) is 2.52. The average molecular weight is 313 g/mol. The summed E-state index contributed by atoms with van der Waals surface area (Å²) >= 11 is 0. The lowest BCUT2D eigenvalue weighted by Crippen LogP contribution is -2.23. The number of hydrazone groups is 1. The Hall–Kier alpha value is -2.76. The number of amides is 1. The number of carbonyl (C=O) groups is 1. The van der Waals surface area contributed by atoms with Crippen LogP contribution in [-0.4, -0.2) is 35.3 Å². The topological polar surface area (TPSA) is 54.8 Å². The average Bonchev–Trinajstić information content (AvgIpc) is 3.03. The first-order valence-electron chi connectivity index (χ1n) is 7.25. The molecule has 0 aliphatic carbocycles. The van der Waals surface area contributed by atoms with Gasteiger partial charge >= 0.3 is 0 Å². The van der Waals surface area contributed by atoms with Crippen molar-refractivity contribution in [2.45, 2.75) is 13.3 Å². The highest BCUT2D eigenvalue weighted by molar-refractivity contribution is 6.05. The first-order valence-corrected chi connectivity index (χ1v) is 7.25. The van der Waals surface area contributed by atoms with Crippen LogP contribution in [0.2, 0.25) is 0 Å². The van der Waals surface area contributed by atoms with Crippen molar-refractivity contribution in [3.63, 3.8) is 0 Å². The molecule has 6 heteroatoms. The highest BCUT2D eigenvalue weighted by Crippen LogP contribution is 2.20. The van der Waals surface area contributed by atoms with E-state index in [4.69, 9.17) is 4.74 Å². The quantitative estimate of drug-likeness (QED) is 0.875. The molecule has 5 nitrogen and oxygen atoms in total. The van der Waals surface area contributed by atoms with Crippen LogP contribution < -0.4 is 4.74 Å². The minimum atomic E-state index is -0.436. The van der Waals surface area contributed by atoms with Crippen LogP contribution in [0.5, 0.6) is 5.88 Å². The van der Waals surface area contributed by atoms with Crippen LogP contribution in [-0.2, 0) is 0 Å². The number of nitrogens with zero attached hydrogens (tertiary/aromatic N) is 3. The maximum absolute atomic E-state index is 13.3. The Morgan fingerprint density at radius 1 is 1.30 bits per heavy atom. The van der Waals surface area contributed by atoms with E-state index < -0.39 is 5.82 Å². The van der Waals surface area contributed by atoms with Gasteiger partial charge in [-0.3, -0.25) is 4.79 Å². The minimum Gasteiger partial charge on any atom is -0.481 e. The molecule has 0 N–H and O–H groups in total. The van der Waals surface area contributed by atoms with Crippen molar-refractivity contribution in [3.05, 3.63) is 59.0 Å². The van der Waals surface area contributed by atoms with E-state index in [2.05, 4.69) is 10.1 Å². The zero-order valence-corrected chi connectivity index (χ0v) is 12.9. The van der Waals surface area contributed by atoms with Gasteiger partial charge in [0.1, 0.15) is 5.82 Å². The van der Waals surface area contributed by atoms with Crippen LogP contribution in [0.3, 0.4) is 0 Å². The van der Waals surface area contributed by atoms with E-state index >= 15 is 0 Å². The Morgan fingerprint density at radius 3 is 2.83 bits per heavy atom. The van der Waals surface area contributed by atoms with Gasteiger partial charge in [-0.15, -0.1) is 0 Å². The summed E-state index contributed by atoms with van der Waals surface area (Å²) in [6.07, 6.45) is 0.635. The molecule has 0 fully saturated rings. The van der Waals surface area contributed by atoms with Gasteiger partial charge in [-0.2, -0.15) is 5.10 Å². The van der Waals surface area contributed by atoms with Crippen molar-refractivity contribution in [1.82, 2.24) is 9.99 Å². The number of halogens is 1. The van der Waals surface area contributed by atoms with Crippen molar-refractivity contribution < 1.29 is 13.9 Å². The van der Waals surface area contributed by atoms with E-state index in [0.717, 1.165) is 17.0 Å². The van der Waals surface area contributed by atoms with Gasteiger partial charge in [0, 0.05) is 23.6 Å². The summed E-state index contributed by atoms with van der Waals surface area (Å²) in [7, 11) is 1.56. The summed E-state index contributed by atoms with van der Waals surface area (Å²) in [5.74, 6) is -0.203. The molecule has 1 aliphatic rings. The van der Waals surface area contributed by atoms with Gasteiger partial charge in [0.05, 0.1) is 25.1 Å². The van der Waals surface area contributed by atoms with Gasteiger partial charge in [0.25, 0.3) is 5.91 Å². The molecule has 0 bridgehead atoms.